The van der Waals surface area contributed by atoms with Crippen LogP contribution < -0.4 is 5.32 Å². The first-order valence-electron chi connectivity index (χ1n) is 5.56. The van der Waals surface area contributed by atoms with Crippen LogP contribution in [0.2, 0.25) is 0 Å². The van der Waals surface area contributed by atoms with Gasteiger partial charge in [-0.15, -0.1) is 0 Å². The number of halogens is 2. The molecule has 0 saturated heterocycles. The molecule has 0 amide bonds. The van der Waals surface area contributed by atoms with Gasteiger partial charge in [0.15, 0.2) is 11.6 Å². The molecule has 1 aromatic rings. The smallest absolute Gasteiger partial charge is 0.160 e. The molecule has 2 rings (SSSR count). The molecule has 2 atom stereocenters. The van der Waals surface area contributed by atoms with Crippen molar-refractivity contribution in [3.05, 3.63) is 29.8 Å². The van der Waals surface area contributed by atoms with Crippen molar-refractivity contribution < 1.29 is 13.9 Å². The standard InChI is InChI=1S/C12H15F2NO/c13-9-6-5-8(7-10(9)14)15-11-3-1-2-4-12(11)16/h5-7,11-12,15-16H,1-4H2/t11-,12-/m0/s1. The summed E-state index contributed by atoms with van der Waals surface area (Å²) in [4.78, 5) is 0. The highest BCUT2D eigenvalue weighted by Crippen LogP contribution is 2.23. The second kappa shape index (κ2) is 4.78. The molecule has 4 heteroatoms. The number of aliphatic hydroxyl groups is 1. The molecule has 0 radical (unpaired) electrons. The Kier molecular flexibility index (Phi) is 3.39. The maximum absolute atomic E-state index is 13.0. The number of aliphatic hydroxyl groups excluding tert-OH is 1. The Bertz CT molecular complexity index is 370. The summed E-state index contributed by atoms with van der Waals surface area (Å²) in [7, 11) is 0. The van der Waals surface area contributed by atoms with E-state index in [-0.39, 0.29) is 6.04 Å². The minimum atomic E-state index is -0.865. The molecule has 1 aliphatic carbocycles. The van der Waals surface area contributed by atoms with Gasteiger partial charge in [-0.2, -0.15) is 0 Å². The molecule has 0 unspecified atom stereocenters. The molecule has 1 aromatic carbocycles. The second-order valence-corrected chi connectivity index (χ2v) is 4.23. The van der Waals surface area contributed by atoms with Gasteiger partial charge in [-0.25, -0.2) is 8.78 Å². The van der Waals surface area contributed by atoms with E-state index >= 15 is 0 Å². The van der Waals surface area contributed by atoms with Crippen molar-refractivity contribution in [3.8, 4) is 0 Å². The van der Waals surface area contributed by atoms with Gasteiger partial charge in [-0.05, 0) is 25.0 Å². The minimum Gasteiger partial charge on any atom is -0.391 e. The topological polar surface area (TPSA) is 32.3 Å². The molecular weight excluding hydrogens is 212 g/mol. The first-order valence-corrected chi connectivity index (χ1v) is 5.56. The van der Waals surface area contributed by atoms with E-state index in [1.165, 1.54) is 6.07 Å². The lowest BCUT2D eigenvalue weighted by Crippen LogP contribution is -2.36. The van der Waals surface area contributed by atoms with Crippen molar-refractivity contribution in [2.75, 3.05) is 5.32 Å². The second-order valence-electron chi connectivity index (χ2n) is 4.23. The van der Waals surface area contributed by atoms with Gasteiger partial charge in [0, 0.05) is 11.8 Å². The van der Waals surface area contributed by atoms with E-state index in [0.717, 1.165) is 37.8 Å². The summed E-state index contributed by atoms with van der Waals surface area (Å²) in [6.45, 7) is 0. The van der Waals surface area contributed by atoms with Crippen LogP contribution in [-0.2, 0) is 0 Å². The highest BCUT2D eigenvalue weighted by Gasteiger charge is 2.22. The van der Waals surface area contributed by atoms with E-state index in [4.69, 9.17) is 0 Å². The van der Waals surface area contributed by atoms with Gasteiger partial charge >= 0.3 is 0 Å². The molecule has 0 spiro atoms. The van der Waals surface area contributed by atoms with Gasteiger partial charge in [-0.1, -0.05) is 12.8 Å². The summed E-state index contributed by atoms with van der Waals surface area (Å²) in [6, 6.07) is 3.64. The molecule has 88 valence electrons. The number of hydrogen-bond donors (Lipinski definition) is 2. The van der Waals surface area contributed by atoms with Crippen LogP contribution in [0.3, 0.4) is 0 Å². The quantitative estimate of drug-likeness (QED) is 0.814. The van der Waals surface area contributed by atoms with Crippen LogP contribution >= 0.6 is 0 Å². The normalized spacial score (nSPS) is 25.4. The molecule has 0 bridgehead atoms. The molecule has 16 heavy (non-hydrogen) atoms. The fourth-order valence-electron chi connectivity index (χ4n) is 2.08. The van der Waals surface area contributed by atoms with Crippen molar-refractivity contribution in [1.82, 2.24) is 0 Å². The summed E-state index contributed by atoms with van der Waals surface area (Å²) in [5.41, 5.74) is 0.518. The van der Waals surface area contributed by atoms with Crippen LogP contribution in [0.5, 0.6) is 0 Å². The first kappa shape index (κ1) is 11.3. The molecule has 1 saturated carbocycles. The Hall–Kier alpha value is -1.16. The number of anilines is 1. The maximum Gasteiger partial charge on any atom is 0.160 e. The van der Waals surface area contributed by atoms with Gasteiger partial charge in [0.05, 0.1) is 12.1 Å². The zero-order valence-electron chi connectivity index (χ0n) is 8.92. The summed E-state index contributed by atoms with van der Waals surface area (Å²) in [5, 5.41) is 12.8. The molecular formula is C12H15F2NO. The lowest BCUT2D eigenvalue weighted by atomic mass is 9.92. The third kappa shape index (κ3) is 2.50. The fraction of sp³-hybridized carbons (Fsp3) is 0.500. The average molecular weight is 227 g/mol. The van der Waals surface area contributed by atoms with Crippen LogP contribution in [0, 0.1) is 11.6 Å². The minimum absolute atomic E-state index is 0.0568. The average Bonchev–Trinajstić information content (AvgIpc) is 2.27. The van der Waals surface area contributed by atoms with E-state index in [9.17, 15) is 13.9 Å². The summed E-state index contributed by atoms with van der Waals surface area (Å²) < 4.78 is 25.7. The zero-order valence-corrected chi connectivity index (χ0v) is 8.92. The third-order valence-corrected chi connectivity index (χ3v) is 3.00. The van der Waals surface area contributed by atoms with Gasteiger partial charge in [0.2, 0.25) is 0 Å². The van der Waals surface area contributed by atoms with E-state index in [1.807, 2.05) is 0 Å². The van der Waals surface area contributed by atoms with Crippen molar-refractivity contribution in [2.45, 2.75) is 37.8 Å². The predicted molar refractivity (Wildman–Crippen MR) is 58.2 cm³/mol. The Labute approximate surface area is 93.3 Å². The fourth-order valence-corrected chi connectivity index (χ4v) is 2.08. The number of nitrogens with one attached hydrogen (secondary N) is 1. The van der Waals surface area contributed by atoms with Crippen LogP contribution in [0.1, 0.15) is 25.7 Å². The van der Waals surface area contributed by atoms with Gasteiger partial charge in [0.25, 0.3) is 0 Å². The predicted octanol–water partition coefficient (Wildman–Crippen LogP) is 2.68. The van der Waals surface area contributed by atoms with E-state index in [1.54, 1.807) is 0 Å². The maximum atomic E-state index is 13.0. The van der Waals surface area contributed by atoms with Gasteiger partial charge in [-0.3, -0.25) is 0 Å². The van der Waals surface area contributed by atoms with Crippen molar-refractivity contribution >= 4 is 5.69 Å². The van der Waals surface area contributed by atoms with E-state index < -0.39 is 17.7 Å². The van der Waals surface area contributed by atoms with E-state index in [0.29, 0.717) is 5.69 Å². The zero-order chi connectivity index (χ0) is 11.5. The Morgan fingerprint density at radius 3 is 2.56 bits per heavy atom. The number of benzene rings is 1. The molecule has 2 N–H and O–H groups in total. The van der Waals surface area contributed by atoms with Crippen LogP contribution in [0.4, 0.5) is 14.5 Å². The molecule has 2 nitrogen and oxygen atoms in total. The van der Waals surface area contributed by atoms with Crippen molar-refractivity contribution in [3.63, 3.8) is 0 Å². The van der Waals surface area contributed by atoms with Crippen LogP contribution in [0.25, 0.3) is 0 Å². The lowest BCUT2D eigenvalue weighted by Gasteiger charge is -2.29. The molecule has 0 aliphatic heterocycles. The lowest BCUT2D eigenvalue weighted by molar-refractivity contribution is 0.116. The first-order chi connectivity index (χ1) is 7.66. The number of hydrogen-bond acceptors (Lipinski definition) is 2. The van der Waals surface area contributed by atoms with Gasteiger partial charge < -0.3 is 10.4 Å². The van der Waals surface area contributed by atoms with Gasteiger partial charge in [0.1, 0.15) is 0 Å². The van der Waals surface area contributed by atoms with Crippen LogP contribution in [0.15, 0.2) is 18.2 Å². The summed E-state index contributed by atoms with van der Waals surface area (Å²) in [5.74, 6) is -1.72. The molecule has 1 aliphatic rings. The highest BCUT2D eigenvalue weighted by molar-refractivity contribution is 5.44. The van der Waals surface area contributed by atoms with Crippen molar-refractivity contribution in [1.29, 1.82) is 0 Å². The molecule has 0 heterocycles. The Morgan fingerprint density at radius 2 is 1.88 bits per heavy atom. The monoisotopic (exact) mass is 227 g/mol. The summed E-state index contributed by atoms with van der Waals surface area (Å²) in [6.07, 6.45) is 3.30. The number of rotatable bonds is 2. The molecule has 1 fully saturated rings. The largest absolute Gasteiger partial charge is 0.391 e. The van der Waals surface area contributed by atoms with Crippen LogP contribution in [-0.4, -0.2) is 17.3 Å². The molecule has 0 aromatic heterocycles. The Balaban J connectivity index is 2.05. The highest BCUT2D eigenvalue weighted by atomic mass is 19.2. The van der Waals surface area contributed by atoms with Crippen molar-refractivity contribution in [2.24, 2.45) is 0 Å². The third-order valence-electron chi connectivity index (χ3n) is 3.00. The SMILES string of the molecule is O[C@H]1CCCC[C@@H]1Nc1ccc(F)c(F)c1. The summed E-state index contributed by atoms with van der Waals surface area (Å²) >= 11 is 0. The Morgan fingerprint density at radius 1 is 1.12 bits per heavy atom. The van der Waals surface area contributed by atoms with E-state index in [2.05, 4.69) is 5.32 Å².